The number of hydrogen-bond donors (Lipinski definition) is 2. The molecule has 1 fully saturated rings. The van der Waals surface area contributed by atoms with Crippen LogP contribution in [0.25, 0.3) is 27.8 Å². The van der Waals surface area contributed by atoms with Crippen molar-refractivity contribution in [2.75, 3.05) is 26.0 Å². The number of anilines is 2. The average Bonchev–Trinajstić information content (AvgIpc) is 3.57. The maximum Gasteiger partial charge on any atom is 0.278 e. The van der Waals surface area contributed by atoms with Crippen LogP contribution < -0.4 is 10.9 Å². The van der Waals surface area contributed by atoms with E-state index in [-0.39, 0.29) is 5.56 Å². The molecular weight excluding hydrogens is 492 g/mol. The summed E-state index contributed by atoms with van der Waals surface area (Å²) in [5, 5.41) is 15.4. The first-order valence-electron chi connectivity index (χ1n) is 13.4. The van der Waals surface area contributed by atoms with Gasteiger partial charge in [0.15, 0.2) is 11.5 Å². The molecule has 10 nitrogen and oxygen atoms in total. The predicted octanol–water partition coefficient (Wildman–Crippen LogP) is 3.87. The van der Waals surface area contributed by atoms with Gasteiger partial charge in [-0.05, 0) is 83.1 Å². The van der Waals surface area contributed by atoms with E-state index in [9.17, 15) is 9.90 Å². The third-order valence-electron chi connectivity index (χ3n) is 7.20. The topological polar surface area (TPSA) is 106 Å². The fourth-order valence-corrected chi connectivity index (χ4v) is 4.82. The average molecular weight is 527 g/mol. The van der Waals surface area contributed by atoms with Crippen LogP contribution in [-0.2, 0) is 18.7 Å². The number of benzene rings is 1. The molecule has 0 saturated heterocycles. The summed E-state index contributed by atoms with van der Waals surface area (Å²) in [4.78, 5) is 29.6. The maximum atomic E-state index is 13.4. The van der Waals surface area contributed by atoms with Gasteiger partial charge in [0.1, 0.15) is 11.0 Å². The van der Waals surface area contributed by atoms with Crippen molar-refractivity contribution in [3.63, 3.8) is 0 Å². The number of aliphatic hydroxyl groups is 1. The first kappa shape index (κ1) is 25.3. The smallest absolute Gasteiger partial charge is 0.278 e. The van der Waals surface area contributed by atoms with Crippen LogP contribution in [0.5, 0.6) is 0 Å². The quantitative estimate of drug-likeness (QED) is 0.300. The molecule has 0 unspecified atom stereocenters. The molecule has 2 N–H and O–H groups in total. The highest BCUT2D eigenvalue weighted by Gasteiger charge is 2.27. The lowest BCUT2D eigenvalue weighted by Crippen LogP contribution is -2.25. The molecule has 0 amide bonds. The molecule has 10 heteroatoms. The summed E-state index contributed by atoms with van der Waals surface area (Å²) in [7, 11) is 4.15. The van der Waals surface area contributed by atoms with E-state index in [1.807, 2.05) is 18.2 Å². The zero-order chi connectivity index (χ0) is 27.3. The van der Waals surface area contributed by atoms with E-state index in [2.05, 4.69) is 58.3 Å². The molecular formula is C29H34N8O2. The van der Waals surface area contributed by atoms with Crippen LogP contribution >= 0.6 is 0 Å². The van der Waals surface area contributed by atoms with Gasteiger partial charge in [-0.1, -0.05) is 6.07 Å². The molecule has 1 aliphatic carbocycles. The van der Waals surface area contributed by atoms with Gasteiger partial charge in [-0.25, -0.2) is 19.3 Å². The number of aromatic nitrogens is 6. The summed E-state index contributed by atoms with van der Waals surface area (Å²) < 4.78 is 5.73. The lowest BCUT2D eigenvalue weighted by atomic mass is 10.1. The van der Waals surface area contributed by atoms with E-state index < -0.39 is 5.60 Å². The second-order valence-corrected chi connectivity index (χ2v) is 11.2. The van der Waals surface area contributed by atoms with Crippen molar-refractivity contribution in [3.8, 4) is 5.82 Å². The van der Waals surface area contributed by atoms with Crippen molar-refractivity contribution in [2.45, 2.75) is 45.4 Å². The third kappa shape index (κ3) is 5.05. The van der Waals surface area contributed by atoms with Gasteiger partial charge in [0.25, 0.3) is 5.56 Å². The first-order valence-corrected chi connectivity index (χ1v) is 13.4. The van der Waals surface area contributed by atoms with Gasteiger partial charge in [-0.2, -0.15) is 4.98 Å². The minimum absolute atomic E-state index is 0.139. The molecule has 0 atom stereocenters. The Labute approximate surface area is 226 Å². The van der Waals surface area contributed by atoms with Crippen molar-refractivity contribution < 1.29 is 5.11 Å². The Hall–Kier alpha value is -4.02. The molecule has 4 aromatic heterocycles. The Morgan fingerprint density at radius 3 is 2.69 bits per heavy atom. The highest BCUT2D eigenvalue weighted by molar-refractivity contribution is 5.85. The van der Waals surface area contributed by atoms with Crippen molar-refractivity contribution in [3.05, 3.63) is 70.9 Å². The molecule has 1 aromatic carbocycles. The molecule has 1 aliphatic rings. The van der Waals surface area contributed by atoms with E-state index in [1.54, 1.807) is 35.5 Å². The number of pyridine rings is 1. The van der Waals surface area contributed by atoms with Gasteiger partial charge in [0.2, 0.25) is 5.95 Å². The van der Waals surface area contributed by atoms with Gasteiger partial charge in [-0.3, -0.25) is 4.79 Å². The van der Waals surface area contributed by atoms with Crippen LogP contribution in [0.15, 0.2) is 59.7 Å². The SMILES string of the molecule is CN(C)CCn1ccc2cc(Nc3ncc4c(=O)n(CC5CC5)n(-c5cccc(C(C)(C)O)n5)c4n3)ccc21. The lowest BCUT2D eigenvalue weighted by molar-refractivity contribution is 0.0738. The molecule has 202 valence electrons. The number of rotatable bonds is 9. The van der Waals surface area contributed by atoms with Gasteiger partial charge in [0.05, 0.1) is 5.69 Å². The molecule has 39 heavy (non-hydrogen) atoms. The molecule has 0 bridgehead atoms. The second-order valence-electron chi connectivity index (χ2n) is 11.2. The number of hydrogen-bond acceptors (Lipinski definition) is 7. The van der Waals surface area contributed by atoms with E-state index >= 15 is 0 Å². The van der Waals surface area contributed by atoms with Crippen LogP contribution in [0.1, 0.15) is 32.4 Å². The largest absolute Gasteiger partial charge is 0.384 e. The van der Waals surface area contributed by atoms with Crippen molar-refractivity contribution in [1.82, 2.24) is 33.8 Å². The Kier molecular flexibility index (Phi) is 6.23. The standard InChI is InChI=1S/C29H34N8O2/c1-29(2,39)24-6-5-7-25(32-24)37-26-22(27(38)36(37)18-19-8-9-19)17-30-28(33-26)31-21-10-11-23-20(16-21)12-13-35(23)15-14-34(3)4/h5-7,10-13,16-17,19,39H,8-9,14-15,18H2,1-4H3,(H,30,31,33). The van der Waals surface area contributed by atoms with E-state index in [0.29, 0.717) is 41.0 Å². The summed E-state index contributed by atoms with van der Waals surface area (Å²) in [5.74, 6) is 1.39. The molecule has 0 aliphatic heterocycles. The van der Waals surface area contributed by atoms with Gasteiger partial charge < -0.3 is 19.9 Å². The molecule has 0 spiro atoms. The van der Waals surface area contributed by atoms with Crippen LogP contribution in [-0.4, -0.2) is 59.5 Å². The minimum atomic E-state index is -1.12. The fraction of sp³-hybridized carbons (Fsp3) is 0.379. The molecule has 5 aromatic rings. The second kappa shape index (κ2) is 9.62. The van der Waals surface area contributed by atoms with Crippen LogP contribution in [0.4, 0.5) is 11.6 Å². The van der Waals surface area contributed by atoms with Gasteiger partial charge in [0, 0.05) is 48.6 Å². The van der Waals surface area contributed by atoms with E-state index in [4.69, 9.17) is 9.97 Å². The molecule has 6 rings (SSSR count). The van der Waals surface area contributed by atoms with E-state index in [0.717, 1.165) is 37.0 Å². The molecule has 1 saturated carbocycles. The van der Waals surface area contributed by atoms with E-state index in [1.165, 1.54) is 5.52 Å². The zero-order valence-electron chi connectivity index (χ0n) is 22.8. The third-order valence-corrected chi connectivity index (χ3v) is 7.20. The zero-order valence-corrected chi connectivity index (χ0v) is 22.8. The molecule has 0 radical (unpaired) electrons. The summed E-state index contributed by atoms with van der Waals surface area (Å²) >= 11 is 0. The Morgan fingerprint density at radius 2 is 1.95 bits per heavy atom. The number of nitrogens with zero attached hydrogens (tertiary/aromatic N) is 7. The monoisotopic (exact) mass is 526 g/mol. The summed E-state index contributed by atoms with van der Waals surface area (Å²) in [6, 6.07) is 13.8. The van der Waals surface area contributed by atoms with Crippen molar-refractivity contribution >= 4 is 33.6 Å². The highest BCUT2D eigenvalue weighted by atomic mass is 16.3. The number of likely N-dealkylation sites (N-methyl/N-ethyl adjacent to an activating group) is 1. The summed E-state index contributed by atoms with van der Waals surface area (Å²) in [6.07, 6.45) is 5.89. The van der Waals surface area contributed by atoms with Crippen LogP contribution in [0.3, 0.4) is 0 Å². The predicted molar refractivity (Wildman–Crippen MR) is 153 cm³/mol. The van der Waals surface area contributed by atoms with Crippen LogP contribution in [0, 0.1) is 5.92 Å². The minimum Gasteiger partial charge on any atom is -0.384 e. The normalized spacial score (nSPS) is 14.1. The maximum absolute atomic E-state index is 13.4. The fourth-order valence-electron chi connectivity index (χ4n) is 4.82. The van der Waals surface area contributed by atoms with Crippen LogP contribution in [0.2, 0.25) is 0 Å². The summed E-state index contributed by atoms with van der Waals surface area (Å²) in [5.41, 5.74) is 1.77. The lowest BCUT2D eigenvalue weighted by Gasteiger charge is -2.18. The molecule has 4 heterocycles. The summed E-state index contributed by atoms with van der Waals surface area (Å²) in [6.45, 7) is 5.87. The Balaban J connectivity index is 1.39. The highest BCUT2D eigenvalue weighted by Crippen LogP contribution is 2.31. The van der Waals surface area contributed by atoms with Crippen molar-refractivity contribution in [2.24, 2.45) is 5.92 Å². The number of nitrogens with one attached hydrogen (secondary N) is 1. The first-order chi connectivity index (χ1) is 18.7. The van der Waals surface area contributed by atoms with Gasteiger partial charge in [-0.15, -0.1) is 0 Å². The number of fused-ring (bicyclic) bond motifs is 2. The van der Waals surface area contributed by atoms with Crippen molar-refractivity contribution in [1.29, 1.82) is 0 Å². The Morgan fingerprint density at radius 1 is 1.13 bits per heavy atom. The van der Waals surface area contributed by atoms with Gasteiger partial charge >= 0.3 is 0 Å². The Bertz CT molecular complexity index is 1720.